The normalized spacial score (nSPS) is 14.2. The predicted octanol–water partition coefficient (Wildman–Crippen LogP) is 4.78. The zero-order chi connectivity index (χ0) is 20.3. The Balaban J connectivity index is 1.47. The lowest BCUT2D eigenvalue weighted by atomic mass is 10.0. The van der Waals surface area contributed by atoms with E-state index in [-0.39, 0.29) is 19.4 Å². The van der Waals surface area contributed by atoms with Crippen molar-refractivity contribution in [3.8, 4) is 9.75 Å². The Morgan fingerprint density at radius 1 is 1.07 bits per heavy atom. The third-order valence-corrected chi connectivity index (χ3v) is 7.20. The van der Waals surface area contributed by atoms with Crippen molar-refractivity contribution in [2.45, 2.75) is 19.1 Å². The molecule has 0 fully saturated rings. The number of nitrogens with zero attached hydrogens (tertiary/aromatic N) is 2. The smallest absolute Gasteiger partial charge is 0.229 e. The average molecular weight is 438 g/mol. The van der Waals surface area contributed by atoms with Crippen molar-refractivity contribution < 1.29 is 14.6 Å². The lowest BCUT2D eigenvalue weighted by Gasteiger charge is -2.19. The van der Waals surface area contributed by atoms with Gasteiger partial charge >= 0.3 is 0 Å². The molecular formula is C22H19N3O3S2. The van der Waals surface area contributed by atoms with Crippen LogP contribution in [0.2, 0.25) is 0 Å². The second-order valence-electron chi connectivity index (χ2n) is 6.81. The Morgan fingerprint density at radius 2 is 1.97 bits per heavy atom. The van der Waals surface area contributed by atoms with Crippen LogP contribution in [0.4, 0.5) is 5.82 Å². The zero-order valence-electron chi connectivity index (χ0n) is 15.9. The van der Waals surface area contributed by atoms with Crippen LogP contribution in [0.25, 0.3) is 20.0 Å². The fourth-order valence-electron chi connectivity index (χ4n) is 3.35. The van der Waals surface area contributed by atoms with Gasteiger partial charge in [0.2, 0.25) is 6.79 Å². The summed E-state index contributed by atoms with van der Waals surface area (Å²) >= 11 is 3.23. The molecule has 0 amide bonds. The highest BCUT2D eigenvalue weighted by Gasteiger charge is 2.23. The Morgan fingerprint density at radius 3 is 2.73 bits per heavy atom. The molecule has 0 radical (unpaired) electrons. The fourth-order valence-corrected chi connectivity index (χ4v) is 5.36. The number of anilines is 1. The molecule has 4 heterocycles. The van der Waals surface area contributed by atoms with Gasteiger partial charge in [0, 0.05) is 14.6 Å². The molecule has 1 atom stereocenters. The second kappa shape index (κ2) is 8.43. The zero-order valence-corrected chi connectivity index (χ0v) is 17.6. The number of nitrogens with one attached hydrogen (secondary N) is 1. The highest BCUT2D eigenvalue weighted by atomic mass is 32.1. The van der Waals surface area contributed by atoms with Crippen LogP contribution >= 0.6 is 22.7 Å². The summed E-state index contributed by atoms with van der Waals surface area (Å²) in [5.41, 5.74) is 2.08. The minimum absolute atomic E-state index is 0.0561. The number of aliphatic hydroxyl groups is 1. The first-order valence-electron chi connectivity index (χ1n) is 9.49. The molecule has 1 aliphatic rings. The van der Waals surface area contributed by atoms with Crippen molar-refractivity contribution in [2.24, 2.45) is 0 Å². The van der Waals surface area contributed by atoms with Gasteiger partial charge in [0.15, 0.2) is 5.76 Å². The first kappa shape index (κ1) is 19.0. The number of aromatic nitrogens is 2. The van der Waals surface area contributed by atoms with Gasteiger partial charge in [-0.1, -0.05) is 30.3 Å². The van der Waals surface area contributed by atoms with E-state index >= 15 is 0 Å². The average Bonchev–Trinajstić information content (AvgIpc) is 3.54. The summed E-state index contributed by atoms with van der Waals surface area (Å²) in [6.45, 7) is 0.288. The topological polar surface area (TPSA) is 76.5 Å². The standard InChI is InChI=1S/C22H19N3O3S2/c26-10-15-6-7-19(29-15)20-9-17-21(30-20)22(24-12-23-17)25-16(18-11-27-13-28-18)8-14-4-2-1-3-5-14/h1-7,9,11-12,16,26H,8,10,13H2,(H,23,24,25). The van der Waals surface area contributed by atoms with Crippen LogP contribution in [-0.2, 0) is 22.5 Å². The van der Waals surface area contributed by atoms with Crippen LogP contribution in [-0.4, -0.2) is 27.9 Å². The van der Waals surface area contributed by atoms with E-state index in [4.69, 9.17) is 9.47 Å². The highest BCUT2D eigenvalue weighted by molar-refractivity contribution is 7.26. The summed E-state index contributed by atoms with van der Waals surface area (Å²) in [5, 5.41) is 12.9. The Hall–Kier alpha value is -2.94. The molecule has 0 spiro atoms. The number of fused-ring (bicyclic) bond motifs is 1. The quantitative estimate of drug-likeness (QED) is 0.433. The molecule has 4 aromatic rings. The molecule has 3 aromatic heterocycles. The molecule has 0 saturated carbocycles. The molecule has 1 aromatic carbocycles. The molecule has 2 N–H and O–H groups in total. The first-order valence-corrected chi connectivity index (χ1v) is 11.1. The summed E-state index contributed by atoms with van der Waals surface area (Å²) in [6, 6.07) is 16.2. The lowest BCUT2D eigenvalue weighted by Crippen LogP contribution is -2.25. The summed E-state index contributed by atoms with van der Waals surface area (Å²) < 4.78 is 12.0. The van der Waals surface area contributed by atoms with Crippen molar-refractivity contribution in [2.75, 3.05) is 12.1 Å². The van der Waals surface area contributed by atoms with E-state index in [0.717, 1.165) is 42.8 Å². The first-order chi connectivity index (χ1) is 14.8. The number of hydrogen-bond donors (Lipinski definition) is 2. The maximum absolute atomic E-state index is 9.36. The minimum Gasteiger partial charge on any atom is -0.462 e. The van der Waals surface area contributed by atoms with Crippen LogP contribution in [0.15, 0.2) is 66.9 Å². The monoisotopic (exact) mass is 437 g/mol. The minimum atomic E-state index is -0.110. The fraction of sp³-hybridized carbons (Fsp3) is 0.182. The van der Waals surface area contributed by atoms with E-state index < -0.39 is 0 Å². The number of benzene rings is 1. The second-order valence-corrected chi connectivity index (χ2v) is 9.03. The van der Waals surface area contributed by atoms with E-state index in [9.17, 15) is 5.11 Å². The van der Waals surface area contributed by atoms with E-state index in [0.29, 0.717) is 0 Å². The van der Waals surface area contributed by atoms with Crippen LogP contribution in [0.5, 0.6) is 0 Å². The van der Waals surface area contributed by atoms with E-state index in [1.165, 1.54) is 5.56 Å². The third kappa shape index (κ3) is 3.89. The highest BCUT2D eigenvalue weighted by Crippen LogP contribution is 2.39. The van der Waals surface area contributed by atoms with E-state index in [2.05, 4.69) is 33.5 Å². The predicted molar refractivity (Wildman–Crippen MR) is 119 cm³/mol. The Kier molecular flexibility index (Phi) is 5.35. The number of ether oxygens (including phenoxy) is 2. The maximum Gasteiger partial charge on any atom is 0.229 e. The molecule has 6 nitrogen and oxygen atoms in total. The van der Waals surface area contributed by atoms with Gasteiger partial charge in [-0.25, -0.2) is 9.97 Å². The van der Waals surface area contributed by atoms with Gasteiger partial charge in [-0.3, -0.25) is 0 Å². The number of thiophene rings is 2. The summed E-state index contributed by atoms with van der Waals surface area (Å²) in [5.74, 6) is 1.53. The van der Waals surface area contributed by atoms with Crippen LogP contribution in [0.3, 0.4) is 0 Å². The SMILES string of the molecule is OCc1ccc(-c2cc3ncnc(NC(Cc4ccccc4)C4=COCO4)c3s2)s1. The molecule has 30 heavy (non-hydrogen) atoms. The maximum atomic E-state index is 9.36. The molecule has 0 bridgehead atoms. The molecular weight excluding hydrogens is 418 g/mol. The Labute approximate surface area is 181 Å². The largest absolute Gasteiger partial charge is 0.462 e. The molecule has 5 rings (SSSR count). The van der Waals surface area contributed by atoms with E-state index in [1.807, 2.05) is 30.3 Å². The molecule has 1 aliphatic heterocycles. The molecule has 152 valence electrons. The van der Waals surface area contributed by atoms with Crippen molar-refractivity contribution in [3.05, 3.63) is 77.3 Å². The summed E-state index contributed by atoms with van der Waals surface area (Å²) in [7, 11) is 0. The van der Waals surface area contributed by atoms with Gasteiger partial charge in [0.1, 0.15) is 18.4 Å². The number of rotatable bonds is 7. The summed E-state index contributed by atoms with van der Waals surface area (Å²) in [6.07, 6.45) is 3.99. The van der Waals surface area contributed by atoms with Crippen molar-refractivity contribution in [1.82, 2.24) is 9.97 Å². The lowest BCUT2D eigenvalue weighted by molar-refractivity contribution is 0.0764. The van der Waals surface area contributed by atoms with Gasteiger partial charge in [0.05, 0.1) is 22.9 Å². The molecule has 8 heteroatoms. The van der Waals surface area contributed by atoms with Gasteiger partial charge in [-0.2, -0.15) is 0 Å². The van der Waals surface area contributed by atoms with Crippen LogP contribution in [0.1, 0.15) is 10.4 Å². The molecule has 0 saturated heterocycles. The third-order valence-electron chi connectivity index (χ3n) is 4.80. The van der Waals surface area contributed by atoms with Crippen LogP contribution in [0, 0.1) is 0 Å². The van der Waals surface area contributed by atoms with Crippen LogP contribution < -0.4 is 5.32 Å². The van der Waals surface area contributed by atoms with Gasteiger partial charge in [-0.15, -0.1) is 22.7 Å². The van der Waals surface area contributed by atoms with Crippen molar-refractivity contribution in [1.29, 1.82) is 0 Å². The van der Waals surface area contributed by atoms with Gasteiger partial charge < -0.3 is 19.9 Å². The molecule has 1 unspecified atom stereocenters. The van der Waals surface area contributed by atoms with Crippen molar-refractivity contribution >= 4 is 38.7 Å². The van der Waals surface area contributed by atoms with Gasteiger partial charge in [0.25, 0.3) is 0 Å². The number of hydrogen-bond acceptors (Lipinski definition) is 8. The summed E-state index contributed by atoms with van der Waals surface area (Å²) in [4.78, 5) is 12.1. The Bertz CT molecular complexity index is 1190. The number of aliphatic hydroxyl groups excluding tert-OH is 1. The van der Waals surface area contributed by atoms with Gasteiger partial charge in [-0.05, 0) is 30.2 Å². The van der Waals surface area contributed by atoms with E-state index in [1.54, 1.807) is 35.3 Å². The van der Waals surface area contributed by atoms with Crippen molar-refractivity contribution in [3.63, 3.8) is 0 Å². The molecule has 0 aliphatic carbocycles.